The third-order valence-electron chi connectivity index (χ3n) is 3.64. The number of aromatic nitrogens is 2. The van der Waals surface area contributed by atoms with Gasteiger partial charge in [-0.3, -0.25) is 9.78 Å². The average molecular weight is 334 g/mol. The smallest absolute Gasteiger partial charge is 0.274 e. The normalized spacial score (nSPS) is 18.3. The van der Waals surface area contributed by atoms with Crippen molar-refractivity contribution in [3.63, 3.8) is 0 Å². The van der Waals surface area contributed by atoms with Crippen LogP contribution in [-0.2, 0) is 0 Å². The molecular weight excluding hydrogens is 318 g/mol. The van der Waals surface area contributed by atoms with Crippen LogP contribution in [0.5, 0.6) is 0 Å². The molecule has 0 bridgehead atoms. The van der Waals surface area contributed by atoms with Crippen molar-refractivity contribution in [2.75, 3.05) is 18.1 Å². The standard InChI is InChI=1S/C16H16ClN3OS/c1-11-8-19-14(9-18-11)16(21)20-6-7-22-10-15(20)12-2-4-13(17)5-3-12/h2-5,8-9,15H,6-7,10H2,1H3. The summed E-state index contributed by atoms with van der Waals surface area (Å²) in [6.45, 7) is 2.57. The van der Waals surface area contributed by atoms with Crippen molar-refractivity contribution >= 4 is 29.3 Å². The lowest BCUT2D eigenvalue weighted by atomic mass is 10.1. The van der Waals surface area contributed by atoms with E-state index in [4.69, 9.17) is 11.6 Å². The topological polar surface area (TPSA) is 46.1 Å². The molecule has 0 saturated carbocycles. The Balaban J connectivity index is 1.87. The second-order valence-corrected chi connectivity index (χ2v) is 6.77. The highest BCUT2D eigenvalue weighted by Gasteiger charge is 2.29. The summed E-state index contributed by atoms with van der Waals surface area (Å²) in [6, 6.07) is 7.75. The average Bonchev–Trinajstić information content (AvgIpc) is 2.56. The summed E-state index contributed by atoms with van der Waals surface area (Å²) in [5.74, 6) is 1.76. The van der Waals surface area contributed by atoms with E-state index < -0.39 is 0 Å². The molecule has 1 aliphatic heterocycles. The second kappa shape index (κ2) is 6.67. The molecule has 6 heteroatoms. The molecule has 2 heterocycles. The van der Waals surface area contributed by atoms with E-state index in [1.165, 1.54) is 0 Å². The van der Waals surface area contributed by atoms with Gasteiger partial charge in [-0.25, -0.2) is 4.98 Å². The van der Waals surface area contributed by atoms with E-state index >= 15 is 0 Å². The van der Waals surface area contributed by atoms with Crippen LogP contribution in [0, 0.1) is 6.92 Å². The Bertz CT molecular complexity index is 660. The molecule has 1 amide bonds. The van der Waals surface area contributed by atoms with Crippen molar-refractivity contribution < 1.29 is 4.79 Å². The Morgan fingerprint density at radius 2 is 2.05 bits per heavy atom. The molecule has 0 radical (unpaired) electrons. The minimum Gasteiger partial charge on any atom is -0.329 e. The first kappa shape index (κ1) is 15.3. The number of carbonyl (C=O) groups is 1. The number of carbonyl (C=O) groups excluding carboxylic acids is 1. The summed E-state index contributed by atoms with van der Waals surface area (Å²) in [6.07, 6.45) is 3.18. The fraction of sp³-hybridized carbons (Fsp3) is 0.312. The molecule has 2 aromatic rings. The largest absolute Gasteiger partial charge is 0.329 e. The molecule has 3 rings (SSSR count). The Kier molecular flexibility index (Phi) is 4.64. The molecule has 22 heavy (non-hydrogen) atoms. The van der Waals surface area contributed by atoms with Crippen molar-refractivity contribution in [3.05, 3.63) is 58.6 Å². The van der Waals surface area contributed by atoms with Crippen molar-refractivity contribution in [1.29, 1.82) is 0 Å². The molecule has 1 atom stereocenters. The summed E-state index contributed by atoms with van der Waals surface area (Å²) in [5.41, 5.74) is 2.31. The summed E-state index contributed by atoms with van der Waals surface area (Å²) in [7, 11) is 0. The number of amides is 1. The van der Waals surface area contributed by atoms with Gasteiger partial charge in [-0.1, -0.05) is 23.7 Å². The van der Waals surface area contributed by atoms with Crippen LogP contribution >= 0.6 is 23.4 Å². The van der Waals surface area contributed by atoms with Crippen LogP contribution in [0.25, 0.3) is 0 Å². The molecule has 114 valence electrons. The zero-order valence-corrected chi connectivity index (χ0v) is 13.8. The van der Waals surface area contributed by atoms with Crippen LogP contribution in [0.2, 0.25) is 5.02 Å². The zero-order chi connectivity index (χ0) is 15.5. The van der Waals surface area contributed by atoms with Crippen LogP contribution in [0.4, 0.5) is 0 Å². The first-order chi connectivity index (χ1) is 10.6. The molecule has 1 aromatic carbocycles. The number of hydrogen-bond donors (Lipinski definition) is 0. The van der Waals surface area contributed by atoms with Gasteiger partial charge in [0, 0.05) is 29.3 Å². The molecule has 1 fully saturated rings. The van der Waals surface area contributed by atoms with Crippen LogP contribution in [0.3, 0.4) is 0 Å². The van der Waals surface area contributed by atoms with Crippen molar-refractivity contribution in [3.8, 4) is 0 Å². The van der Waals surface area contributed by atoms with E-state index in [0.717, 1.165) is 22.8 Å². The van der Waals surface area contributed by atoms with Gasteiger partial charge >= 0.3 is 0 Å². The third-order valence-corrected chi connectivity index (χ3v) is 4.92. The van der Waals surface area contributed by atoms with Gasteiger partial charge in [-0.05, 0) is 24.6 Å². The Morgan fingerprint density at radius 3 is 2.73 bits per heavy atom. The maximum atomic E-state index is 12.7. The minimum absolute atomic E-state index is 0.0478. The summed E-state index contributed by atoms with van der Waals surface area (Å²) < 4.78 is 0. The lowest BCUT2D eigenvalue weighted by Gasteiger charge is -2.35. The van der Waals surface area contributed by atoms with Gasteiger partial charge in [-0.15, -0.1) is 0 Å². The Hall–Kier alpha value is -1.59. The third kappa shape index (κ3) is 3.25. The number of rotatable bonds is 2. The van der Waals surface area contributed by atoms with Gasteiger partial charge < -0.3 is 4.90 Å². The van der Waals surface area contributed by atoms with E-state index in [1.54, 1.807) is 12.4 Å². The fourth-order valence-corrected chi connectivity index (χ4v) is 3.67. The number of nitrogens with zero attached hydrogens (tertiary/aromatic N) is 3. The van der Waals surface area contributed by atoms with Gasteiger partial charge in [-0.2, -0.15) is 11.8 Å². The first-order valence-electron chi connectivity index (χ1n) is 7.08. The number of hydrogen-bond acceptors (Lipinski definition) is 4. The molecule has 1 aliphatic rings. The maximum absolute atomic E-state index is 12.7. The molecule has 0 spiro atoms. The van der Waals surface area contributed by atoms with E-state index in [0.29, 0.717) is 17.3 Å². The molecular formula is C16H16ClN3OS. The van der Waals surface area contributed by atoms with Crippen LogP contribution in [0.15, 0.2) is 36.7 Å². The van der Waals surface area contributed by atoms with Crippen molar-refractivity contribution in [2.45, 2.75) is 13.0 Å². The van der Waals surface area contributed by atoms with Crippen LogP contribution in [-0.4, -0.2) is 38.8 Å². The predicted octanol–water partition coefficient (Wildman–Crippen LogP) is 3.37. The van der Waals surface area contributed by atoms with Crippen molar-refractivity contribution in [2.24, 2.45) is 0 Å². The van der Waals surface area contributed by atoms with Gasteiger partial charge in [0.1, 0.15) is 5.69 Å². The molecule has 1 aromatic heterocycles. The highest BCUT2D eigenvalue weighted by atomic mass is 35.5. The van der Waals surface area contributed by atoms with Gasteiger partial charge in [0.15, 0.2) is 0 Å². The summed E-state index contributed by atoms with van der Waals surface area (Å²) in [5, 5.41) is 0.703. The molecule has 1 saturated heterocycles. The Morgan fingerprint density at radius 1 is 1.27 bits per heavy atom. The quantitative estimate of drug-likeness (QED) is 0.845. The number of aryl methyl sites for hydroxylation is 1. The monoisotopic (exact) mass is 333 g/mol. The van der Waals surface area contributed by atoms with Gasteiger partial charge in [0.05, 0.1) is 17.9 Å². The minimum atomic E-state index is -0.0623. The van der Waals surface area contributed by atoms with Crippen LogP contribution in [0.1, 0.15) is 27.8 Å². The summed E-state index contributed by atoms with van der Waals surface area (Å²) in [4.78, 5) is 23.0. The fourth-order valence-electron chi connectivity index (χ4n) is 2.46. The van der Waals surface area contributed by atoms with Gasteiger partial charge in [0.2, 0.25) is 0 Å². The number of thioether (sulfide) groups is 1. The van der Waals surface area contributed by atoms with E-state index in [-0.39, 0.29) is 11.9 Å². The SMILES string of the molecule is Cc1cnc(C(=O)N2CCSCC2c2ccc(Cl)cc2)cn1. The lowest BCUT2D eigenvalue weighted by Crippen LogP contribution is -2.41. The van der Waals surface area contributed by atoms with E-state index in [9.17, 15) is 4.79 Å². The molecule has 1 unspecified atom stereocenters. The highest BCUT2D eigenvalue weighted by Crippen LogP contribution is 2.31. The second-order valence-electron chi connectivity index (χ2n) is 5.18. The van der Waals surface area contributed by atoms with Gasteiger partial charge in [0.25, 0.3) is 5.91 Å². The van der Waals surface area contributed by atoms with Crippen LogP contribution < -0.4 is 0 Å². The number of halogens is 1. The van der Waals surface area contributed by atoms with Crippen molar-refractivity contribution in [1.82, 2.24) is 14.9 Å². The predicted molar refractivity (Wildman–Crippen MR) is 89.3 cm³/mol. The maximum Gasteiger partial charge on any atom is 0.274 e. The first-order valence-corrected chi connectivity index (χ1v) is 8.61. The Labute approximate surface area is 138 Å². The lowest BCUT2D eigenvalue weighted by molar-refractivity contribution is 0.0695. The molecule has 0 N–H and O–H groups in total. The van der Waals surface area contributed by atoms with E-state index in [1.807, 2.05) is 47.9 Å². The van der Waals surface area contributed by atoms with E-state index in [2.05, 4.69) is 9.97 Å². The summed E-state index contributed by atoms with van der Waals surface area (Å²) >= 11 is 7.81. The molecule has 4 nitrogen and oxygen atoms in total. The molecule has 0 aliphatic carbocycles. The highest BCUT2D eigenvalue weighted by molar-refractivity contribution is 7.99. The number of benzene rings is 1. The zero-order valence-electron chi connectivity index (χ0n) is 12.2.